The van der Waals surface area contributed by atoms with E-state index in [1.165, 1.54) is 5.56 Å². The van der Waals surface area contributed by atoms with Crippen molar-refractivity contribution in [3.8, 4) is 5.75 Å². The van der Waals surface area contributed by atoms with Crippen molar-refractivity contribution in [2.24, 2.45) is 11.3 Å². The van der Waals surface area contributed by atoms with Crippen LogP contribution >= 0.6 is 0 Å². The number of nitrogens with zero attached hydrogens (tertiary/aromatic N) is 1. The van der Waals surface area contributed by atoms with Gasteiger partial charge in [0.05, 0.1) is 4.90 Å². The number of sulfonamides is 1. The molecule has 2 aromatic rings. The van der Waals surface area contributed by atoms with E-state index in [1.807, 2.05) is 18.2 Å². The molecule has 9 heteroatoms. The van der Waals surface area contributed by atoms with Crippen LogP contribution in [-0.2, 0) is 16.6 Å². The number of likely N-dealkylation sites (tertiary alicyclic amines) is 1. The molecule has 1 heterocycles. The summed E-state index contributed by atoms with van der Waals surface area (Å²) in [6, 6.07) is 14.5. The van der Waals surface area contributed by atoms with Crippen molar-refractivity contribution in [3.05, 3.63) is 60.2 Å². The smallest absolute Gasteiger partial charge is 0.406 e. The minimum absolute atomic E-state index is 0.0798. The molecule has 0 radical (unpaired) electrons. The molecule has 1 spiro atoms. The highest BCUT2D eigenvalue weighted by Gasteiger charge is 2.50. The summed E-state index contributed by atoms with van der Waals surface area (Å²) in [6.07, 6.45) is -1.48. The van der Waals surface area contributed by atoms with Gasteiger partial charge in [-0.05, 0) is 54.0 Å². The number of hydrogen-bond donors (Lipinski definition) is 1. The minimum Gasteiger partial charge on any atom is -0.406 e. The molecule has 5 nitrogen and oxygen atoms in total. The topological polar surface area (TPSA) is 58.6 Å². The Labute approximate surface area is 180 Å². The molecule has 0 bridgehead atoms. The largest absolute Gasteiger partial charge is 0.573 e. The summed E-state index contributed by atoms with van der Waals surface area (Å²) < 4.78 is 68.7. The molecule has 1 saturated carbocycles. The van der Waals surface area contributed by atoms with Crippen LogP contribution in [0.15, 0.2) is 59.5 Å². The van der Waals surface area contributed by atoms with Crippen LogP contribution in [0.1, 0.15) is 24.8 Å². The van der Waals surface area contributed by atoms with Gasteiger partial charge in [0.15, 0.2) is 0 Å². The van der Waals surface area contributed by atoms with Crippen LogP contribution in [-0.4, -0.2) is 39.3 Å². The van der Waals surface area contributed by atoms with Crippen LogP contribution < -0.4 is 9.46 Å². The zero-order valence-electron chi connectivity index (χ0n) is 16.9. The van der Waals surface area contributed by atoms with Gasteiger partial charge in [-0.25, -0.2) is 13.1 Å². The van der Waals surface area contributed by atoms with Crippen LogP contribution in [0.4, 0.5) is 13.2 Å². The molecule has 1 N–H and O–H groups in total. The van der Waals surface area contributed by atoms with E-state index in [4.69, 9.17) is 0 Å². The molecular weight excluding hydrogens is 429 g/mol. The summed E-state index contributed by atoms with van der Waals surface area (Å²) in [7, 11) is -3.82. The normalized spacial score (nSPS) is 21.2. The highest BCUT2D eigenvalue weighted by molar-refractivity contribution is 7.89. The second-order valence-electron chi connectivity index (χ2n) is 8.44. The van der Waals surface area contributed by atoms with E-state index in [1.54, 1.807) is 0 Å². The molecule has 0 unspecified atom stereocenters. The molecule has 1 aliphatic carbocycles. The van der Waals surface area contributed by atoms with Crippen molar-refractivity contribution >= 4 is 10.0 Å². The average molecular weight is 455 g/mol. The maximum atomic E-state index is 12.7. The first-order chi connectivity index (χ1) is 14.7. The minimum atomic E-state index is -4.82. The van der Waals surface area contributed by atoms with E-state index in [0.29, 0.717) is 6.54 Å². The Morgan fingerprint density at radius 3 is 2.32 bits per heavy atom. The van der Waals surface area contributed by atoms with Crippen LogP contribution in [0.5, 0.6) is 5.75 Å². The van der Waals surface area contributed by atoms with Gasteiger partial charge in [-0.3, -0.25) is 4.90 Å². The first-order valence-electron chi connectivity index (χ1n) is 10.3. The number of nitrogens with one attached hydrogen (secondary N) is 1. The maximum Gasteiger partial charge on any atom is 0.573 e. The molecule has 0 aromatic heterocycles. The van der Waals surface area contributed by atoms with E-state index in [0.717, 1.165) is 63.2 Å². The summed E-state index contributed by atoms with van der Waals surface area (Å²) >= 11 is 0. The monoisotopic (exact) mass is 454 g/mol. The first kappa shape index (κ1) is 22.1. The number of hydrogen-bond acceptors (Lipinski definition) is 4. The van der Waals surface area contributed by atoms with Crippen molar-refractivity contribution in [1.29, 1.82) is 0 Å². The van der Waals surface area contributed by atoms with Crippen molar-refractivity contribution in [2.75, 3.05) is 19.6 Å². The van der Waals surface area contributed by atoms with Gasteiger partial charge in [0.25, 0.3) is 0 Å². The first-order valence-corrected chi connectivity index (χ1v) is 11.8. The van der Waals surface area contributed by atoms with Gasteiger partial charge < -0.3 is 4.74 Å². The molecule has 1 saturated heterocycles. The van der Waals surface area contributed by atoms with E-state index < -0.39 is 22.1 Å². The van der Waals surface area contributed by atoms with Crippen LogP contribution in [0, 0.1) is 11.3 Å². The summed E-state index contributed by atoms with van der Waals surface area (Å²) in [5.41, 5.74) is 1.38. The lowest BCUT2D eigenvalue weighted by Gasteiger charge is -2.43. The van der Waals surface area contributed by atoms with Crippen molar-refractivity contribution < 1.29 is 26.3 Å². The average Bonchev–Trinajstić information content (AvgIpc) is 3.05. The Hall–Kier alpha value is -2.10. The number of benzene rings is 2. The predicted octanol–water partition coefficient (Wildman–Crippen LogP) is 4.17. The lowest BCUT2D eigenvalue weighted by Crippen LogP contribution is -2.42. The fourth-order valence-electron chi connectivity index (χ4n) is 4.70. The Bertz CT molecular complexity index is 991. The second kappa shape index (κ2) is 8.44. The summed E-state index contributed by atoms with van der Waals surface area (Å²) in [5.74, 6) is -0.250. The fraction of sp³-hybridized carbons (Fsp3) is 0.455. The molecular formula is C22H25F3N2O3S. The van der Waals surface area contributed by atoms with Gasteiger partial charge >= 0.3 is 6.36 Å². The predicted molar refractivity (Wildman–Crippen MR) is 110 cm³/mol. The zero-order valence-corrected chi connectivity index (χ0v) is 17.8. The SMILES string of the molecule is O=S(=O)(NC[C@@H]1CN(Cc2ccccc2)CC12CCC2)c1ccc(OC(F)(F)F)cc1. The standard InChI is InChI=1S/C22H25F3N2O3S/c23-22(24,25)30-19-7-9-20(10-8-19)31(28,29)26-13-18-15-27(16-21(18)11-4-12-21)14-17-5-2-1-3-6-17/h1-3,5-10,18,26H,4,11-16H2/t18-/m1/s1. The van der Waals surface area contributed by atoms with Gasteiger partial charge in [-0.1, -0.05) is 36.8 Å². The Balaban J connectivity index is 1.39. The van der Waals surface area contributed by atoms with Gasteiger partial charge in [0.1, 0.15) is 5.75 Å². The number of rotatable bonds is 7. The van der Waals surface area contributed by atoms with Crippen molar-refractivity contribution in [2.45, 2.75) is 37.1 Å². The molecule has 1 aliphatic heterocycles. The van der Waals surface area contributed by atoms with E-state index >= 15 is 0 Å². The number of halogens is 3. The second-order valence-corrected chi connectivity index (χ2v) is 10.2. The summed E-state index contributed by atoms with van der Waals surface area (Å²) in [4.78, 5) is 2.31. The van der Waals surface area contributed by atoms with Crippen LogP contribution in [0.2, 0.25) is 0 Å². The Morgan fingerprint density at radius 2 is 1.74 bits per heavy atom. The number of alkyl halides is 3. The van der Waals surface area contributed by atoms with Crippen molar-refractivity contribution in [3.63, 3.8) is 0 Å². The molecule has 2 aliphatic rings. The van der Waals surface area contributed by atoms with E-state index in [9.17, 15) is 21.6 Å². The summed E-state index contributed by atoms with van der Waals surface area (Å²) in [5, 5.41) is 0. The van der Waals surface area contributed by atoms with Crippen molar-refractivity contribution in [1.82, 2.24) is 9.62 Å². The molecule has 4 rings (SSSR count). The van der Waals surface area contributed by atoms with Crippen LogP contribution in [0.25, 0.3) is 0 Å². The quantitative estimate of drug-likeness (QED) is 0.683. The van der Waals surface area contributed by atoms with E-state index in [-0.39, 0.29) is 16.2 Å². The highest BCUT2D eigenvalue weighted by atomic mass is 32.2. The maximum absolute atomic E-state index is 12.7. The molecule has 168 valence electrons. The Morgan fingerprint density at radius 1 is 1.06 bits per heavy atom. The van der Waals surface area contributed by atoms with Gasteiger partial charge in [0.2, 0.25) is 10.0 Å². The molecule has 2 aromatic carbocycles. The van der Waals surface area contributed by atoms with Gasteiger partial charge in [0, 0.05) is 26.2 Å². The molecule has 2 fully saturated rings. The van der Waals surface area contributed by atoms with Gasteiger partial charge in [-0.15, -0.1) is 13.2 Å². The highest BCUT2D eigenvalue weighted by Crippen LogP contribution is 2.51. The van der Waals surface area contributed by atoms with E-state index in [2.05, 4.69) is 26.5 Å². The van der Waals surface area contributed by atoms with Gasteiger partial charge in [-0.2, -0.15) is 0 Å². The molecule has 31 heavy (non-hydrogen) atoms. The third-order valence-corrected chi connectivity index (χ3v) is 7.81. The number of ether oxygens (including phenoxy) is 1. The molecule has 1 atom stereocenters. The molecule has 0 amide bonds. The lowest BCUT2D eigenvalue weighted by atomic mass is 9.63. The zero-order chi connectivity index (χ0) is 22.1. The van der Waals surface area contributed by atoms with Crippen LogP contribution in [0.3, 0.4) is 0 Å². The lowest BCUT2D eigenvalue weighted by molar-refractivity contribution is -0.274. The fourth-order valence-corrected chi connectivity index (χ4v) is 5.78. The Kier molecular flexibility index (Phi) is 6.02. The third kappa shape index (κ3) is 5.22. The summed E-state index contributed by atoms with van der Waals surface area (Å²) in [6.45, 7) is 2.93. The third-order valence-electron chi connectivity index (χ3n) is 6.37.